The Labute approximate surface area is 226 Å². The van der Waals surface area contributed by atoms with Gasteiger partial charge in [0.25, 0.3) is 5.91 Å². The number of benzene rings is 2. The summed E-state index contributed by atoms with van der Waals surface area (Å²) >= 11 is 1.46. The average molecular weight is 546 g/mol. The van der Waals surface area contributed by atoms with Crippen LogP contribution in [0.3, 0.4) is 0 Å². The third-order valence-corrected chi connectivity index (χ3v) is 6.46. The van der Waals surface area contributed by atoms with Gasteiger partial charge in [0.1, 0.15) is 18.1 Å². The van der Waals surface area contributed by atoms with E-state index in [1.54, 1.807) is 38.1 Å². The van der Waals surface area contributed by atoms with Crippen molar-refractivity contribution in [1.29, 1.82) is 0 Å². The minimum absolute atomic E-state index is 0.109. The number of carbonyl (C=O) groups is 4. The smallest absolute Gasteiger partial charge is 0.326 e. The van der Waals surface area contributed by atoms with Crippen molar-refractivity contribution in [1.82, 2.24) is 16.0 Å². The molecule has 0 aliphatic heterocycles. The molecule has 0 aromatic heterocycles. The highest BCUT2D eigenvalue weighted by Crippen LogP contribution is 2.26. The van der Waals surface area contributed by atoms with E-state index in [1.807, 2.05) is 12.3 Å². The molecule has 11 heteroatoms. The highest BCUT2D eigenvalue weighted by molar-refractivity contribution is 7.98. The van der Waals surface area contributed by atoms with Gasteiger partial charge in [-0.1, -0.05) is 44.2 Å². The Hall–Kier alpha value is -3.73. The zero-order valence-electron chi connectivity index (χ0n) is 21.9. The lowest BCUT2D eigenvalue weighted by Gasteiger charge is -2.26. The molecule has 3 atom stereocenters. The van der Waals surface area contributed by atoms with E-state index in [1.165, 1.54) is 37.1 Å². The van der Waals surface area contributed by atoms with Crippen LogP contribution in [0.25, 0.3) is 0 Å². The molecule has 0 aliphatic rings. The topological polar surface area (TPSA) is 154 Å². The van der Waals surface area contributed by atoms with E-state index >= 15 is 0 Å². The fourth-order valence-electron chi connectivity index (χ4n) is 3.66. The first kappa shape index (κ1) is 30.5. The summed E-state index contributed by atoms with van der Waals surface area (Å²) in [7, 11) is 1.36. The fourth-order valence-corrected chi connectivity index (χ4v) is 4.14. The molecule has 0 saturated carbocycles. The molecular weight excluding hydrogens is 510 g/mol. The lowest BCUT2D eigenvalue weighted by molar-refractivity contribution is -0.142. The van der Waals surface area contributed by atoms with Crippen LogP contribution in [0.15, 0.2) is 48.5 Å². The van der Waals surface area contributed by atoms with Crippen LogP contribution in [0.1, 0.15) is 36.2 Å². The zero-order chi connectivity index (χ0) is 28.2. The summed E-state index contributed by atoms with van der Waals surface area (Å²) in [5.74, 6) is -2.77. The van der Waals surface area contributed by atoms with Crippen LogP contribution in [0.2, 0.25) is 0 Å². The Bertz CT molecular complexity index is 1110. The quantitative estimate of drug-likeness (QED) is 0.242. The van der Waals surface area contributed by atoms with Gasteiger partial charge in [-0.05, 0) is 48.1 Å². The summed E-state index contributed by atoms with van der Waals surface area (Å²) in [4.78, 5) is 51.1. The maximum absolute atomic E-state index is 13.3. The summed E-state index contributed by atoms with van der Waals surface area (Å²) in [5, 5.41) is 27.3. The van der Waals surface area contributed by atoms with Crippen molar-refractivity contribution in [3.05, 3.63) is 59.7 Å². The van der Waals surface area contributed by atoms with E-state index in [0.29, 0.717) is 5.75 Å². The third kappa shape index (κ3) is 8.98. The van der Waals surface area contributed by atoms with Crippen molar-refractivity contribution < 1.29 is 34.1 Å². The number of ether oxygens (including phenoxy) is 1. The predicted molar refractivity (Wildman–Crippen MR) is 145 cm³/mol. The van der Waals surface area contributed by atoms with E-state index in [0.717, 1.165) is 5.56 Å². The fraction of sp³-hybridized carbons (Fsp3) is 0.407. The molecule has 0 saturated heterocycles. The molecule has 10 nitrogen and oxygen atoms in total. The van der Waals surface area contributed by atoms with E-state index in [4.69, 9.17) is 4.74 Å². The second-order valence-corrected chi connectivity index (χ2v) is 10.00. The SMILES string of the molecule is COc1cc(C(=O)N[C@H](C(=O)N[C@@H](Cc2ccccc2)C(=O)N[C@@H](CCSC)C(=O)O)C(C)C)ccc1O. The largest absolute Gasteiger partial charge is 0.504 e. The van der Waals surface area contributed by atoms with Crippen LogP contribution in [-0.4, -0.2) is 71.1 Å². The van der Waals surface area contributed by atoms with Crippen LogP contribution in [0.5, 0.6) is 11.5 Å². The Morgan fingerprint density at radius 2 is 1.61 bits per heavy atom. The lowest BCUT2D eigenvalue weighted by Crippen LogP contribution is -2.57. The number of rotatable bonds is 14. The van der Waals surface area contributed by atoms with Gasteiger partial charge in [-0.3, -0.25) is 14.4 Å². The van der Waals surface area contributed by atoms with Crippen molar-refractivity contribution in [2.24, 2.45) is 5.92 Å². The maximum Gasteiger partial charge on any atom is 0.326 e. The number of amides is 3. The first-order chi connectivity index (χ1) is 18.1. The van der Waals surface area contributed by atoms with Crippen LogP contribution < -0.4 is 20.7 Å². The van der Waals surface area contributed by atoms with Crippen LogP contribution >= 0.6 is 11.8 Å². The molecule has 206 valence electrons. The van der Waals surface area contributed by atoms with Gasteiger partial charge in [0, 0.05) is 12.0 Å². The number of hydrogen-bond donors (Lipinski definition) is 5. The number of phenols is 1. The lowest BCUT2D eigenvalue weighted by atomic mass is 10.00. The number of hydrogen-bond acceptors (Lipinski definition) is 7. The number of carbonyl (C=O) groups excluding carboxylic acids is 3. The van der Waals surface area contributed by atoms with Crippen molar-refractivity contribution in [3.8, 4) is 11.5 Å². The standard InChI is InChI=1S/C27H35N3O7S/c1-16(2)23(30-24(32)18-10-11-21(31)22(15-18)37-3)26(34)29-20(14-17-8-6-5-7-9-17)25(33)28-19(27(35)36)12-13-38-4/h5-11,15-16,19-20,23,31H,12-14H2,1-4H3,(H,28,33)(H,29,34)(H,30,32)(H,35,36)/t19-,20-,23-/m0/s1. The van der Waals surface area contributed by atoms with Gasteiger partial charge < -0.3 is 30.9 Å². The minimum Gasteiger partial charge on any atom is -0.504 e. The van der Waals surface area contributed by atoms with E-state index < -0.39 is 41.8 Å². The molecule has 5 N–H and O–H groups in total. The Morgan fingerprint density at radius 1 is 0.947 bits per heavy atom. The van der Waals surface area contributed by atoms with Gasteiger partial charge in [0.2, 0.25) is 11.8 Å². The van der Waals surface area contributed by atoms with E-state index in [-0.39, 0.29) is 35.8 Å². The van der Waals surface area contributed by atoms with E-state index in [2.05, 4.69) is 16.0 Å². The Kier molecular flexibility index (Phi) is 11.9. The van der Waals surface area contributed by atoms with Crippen molar-refractivity contribution >= 4 is 35.5 Å². The molecule has 38 heavy (non-hydrogen) atoms. The number of methoxy groups -OCH3 is 1. The predicted octanol–water partition coefficient (Wildman–Crippen LogP) is 2.21. The summed E-state index contributed by atoms with van der Waals surface area (Å²) in [6.07, 6.45) is 2.20. The first-order valence-electron chi connectivity index (χ1n) is 12.1. The first-order valence-corrected chi connectivity index (χ1v) is 13.5. The van der Waals surface area contributed by atoms with Gasteiger partial charge in [0.15, 0.2) is 11.5 Å². The summed E-state index contributed by atoms with van der Waals surface area (Å²) < 4.78 is 5.05. The molecule has 0 aliphatic carbocycles. The second kappa shape index (κ2) is 14.9. The molecule has 2 aromatic rings. The second-order valence-electron chi connectivity index (χ2n) is 9.01. The molecule has 0 fully saturated rings. The van der Waals surface area contributed by atoms with Gasteiger partial charge in [-0.2, -0.15) is 11.8 Å². The molecule has 0 heterocycles. The summed E-state index contributed by atoms with van der Waals surface area (Å²) in [6.45, 7) is 3.49. The molecule has 0 bridgehead atoms. The normalized spacial score (nSPS) is 13.2. The van der Waals surface area contributed by atoms with Crippen molar-refractivity contribution in [2.45, 2.75) is 44.8 Å². The van der Waals surface area contributed by atoms with E-state index in [9.17, 15) is 29.4 Å². The molecule has 0 unspecified atom stereocenters. The number of carboxylic acids is 1. The van der Waals surface area contributed by atoms with Crippen molar-refractivity contribution in [2.75, 3.05) is 19.1 Å². The number of nitrogens with one attached hydrogen (secondary N) is 3. The molecule has 2 aromatic carbocycles. The van der Waals surface area contributed by atoms with Gasteiger partial charge in [-0.25, -0.2) is 4.79 Å². The number of phenolic OH excluding ortho intramolecular Hbond substituents is 1. The van der Waals surface area contributed by atoms with Gasteiger partial charge in [0.05, 0.1) is 7.11 Å². The summed E-state index contributed by atoms with van der Waals surface area (Å²) in [6, 6.07) is 9.91. The number of aliphatic carboxylic acids is 1. The highest BCUT2D eigenvalue weighted by atomic mass is 32.2. The number of aromatic hydroxyl groups is 1. The van der Waals surface area contributed by atoms with Gasteiger partial charge >= 0.3 is 5.97 Å². The molecular formula is C27H35N3O7S. The minimum atomic E-state index is -1.16. The molecule has 0 spiro atoms. The molecule has 0 radical (unpaired) electrons. The average Bonchev–Trinajstić information content (AvgIpc) is 2.89. The van der Waals surface area contributed by atoms with Crippen LogP contribution in [0, 0.1) is 5.92 Å². The molecule has 3 amide bonds. The van der Waals surface area contributed by atoms with Crippen molar-refractivity contribution in [3.63, 3.8) is 0 Å². The number of thioether (sulfide) groups is 1. The Balaban J connectivity index is 2.24. The van der Waals surface area contributed by atoms with Crippen LogP contribution in [0.4, 0.5) is 0 Å². The number of carboxylic acid groups (broad SMARTS) is 1. The Morgan fingerprint density at radius 3 is 2.18 bits per heavy atom. The monoisotopic (exact) mass is 545 g/mol. The highest BCUT2D eigenvalue weighted by Gasteiger charge is 2.31. The zero-order valence-corrected chi connectivity index (χ0v) is 22.7. The summed E-state index contributed by atoms with van der Waals surface area (Å²) in [5.41, 5.74) is 0.944. The third-order valence-electron chi connectivity index (χ3n) is 5.82. The van der Waals surface area contributed by atoms with Gasteiger partial charge in [-0.15, -0.1) is 0 Å². The van der Waals surface area contributed by atoms with Crippen LogP contribution in [-0.2, 0) is 20.8 Å². The molecule has 2 rings (SSSR count). The maximum atomic E-state index is 13.3.